The van der Waals surface area contributed by atoms with E-state index < -0.39 is 7.14 Å². The third-order valence-electron chi connectivity index (χ3n) is 7.57. The number of nitrogens with two attached hydrogens (primary N) is 1. The molecule has 4 aromatic rings. The number of hydrogen-bond acceptors (Lipinski definition) is 8. The van der Waals surface area contributed by atoms with Gasteiger partial charge in [0.1, 0.15) is 17.7 Å². The molecule has 5 rings (SSSR count). The number of nitrogens with one attached hydrogen (secondary N) is 2. The Kier molecular flexibility index (Phi) is 8.99. The SMILES string of the molecule is CP(C)(=O)c1c(Nc2nc(Nc3ccc4c(c3)CC[C@@H](CCCCCN)CC4)ncc2Cl)ccc2nccnc12. The average molecular weight is 578 g/mol. The lowest BCUT2D eigenvalue weighted by Gasteiger charge is -2.17. The van der Waals surface area contributed by atoms with Crippen LogP contribution in [0, 0.1) is 5.92 Å². The molecule has 210 valence electrons. The summed E-state index contributed by atoms with van der Waals surface area (Å²) in [6.45, 7) is 4.23. The molecular weight excluding hydrogens is 541 g/mol. The smallest absolute Gasteiger partial charge is 0.229 e. The standard InChI is InChI=1S/C30H37ClN7OP/c1-40(2,39)28-26(14-13-25-27(28)34-17-16-33-25)37-29-24(31)19-35-30(38-29)36-23-12-11-21-9-7-20(6-4-3-5-15-32)8-10-22(21)18-23/h11-14,16-20H,3-10,15,32H2,1-2H3,(H2,35,36,37,38)/t20-/m0/s1. The van der Waals surface area contributed by atoms with Crippen molar-refractivity contribution in [1.82, 2.24) is 19.9 Å². The van der Waals surface area contributed by atoms with Crippen LogP contribution in [0.5, 0.6) is 0 Å². The molecule has 0 amide bonds. The van der Waals surface area contributed by atoms with Crippen LogP contribution in [0.1, 0.15) is 49.7 Å². The lowest BCUT2D eigenvalue weighted by atomic mass is 9.93. The number of benzene rings is 2. The van der Waals surface area contributed by atoms with Gasteiger partial charge in [0, 0.05) is 18.1 Å². The van der Waals surface area contributed by atoms with Gasteiger partial charge in [0.2, 0.25) is 5.95 Å². The van der Waals surface area contributed by atoms with Gasteiger partial charge in [-0.05, 0) is 93.3 Å². The minimum absolute atomic E-state index is 0.359. The van der Waals surface area contributed by atoms with Crippen LogP contribution in [0.4, 0.5) is 23.1 Å². The summed E-state index contributed by atoms with van der Waals surface area (Å²) in [7, 11) is -2.72. The summed E-state index contributed by atoms with van der Waals surface area (Å²) in [6, 6.07) is 10.2. The van der Waals surface area contributed by atoms with Crippen molar-refractivity contribution in [2.45, 2.75) is 51.4 Å². The Morgan fingerprint density at radius 2 is 1.77 bits per heavy atom. The normalized spacial score (nSPS) is 15.4. The van der Waals surface area contributed by atoms with E-state index in [1.165, 1.54) is 43.2 Å². The number of aryl methyl sites for hydroxylation is 2. The third-order valence-corrected chi connectivity index (χ3v) is 9.38. The lowest BCUT2D eigenvalue weighted by Crippen LogP contribution is -2.14. The fourth-order valence-corrected chi connectivity index (χ4v) is 7.06. The van der Waals surface area contributed by atoms with Crippen LogP contribution < -0.4 is 21.7 Å². The largest absolute Gasteiger partial charge is 0.338 e. The number of aromatic nitrogens is 4. The van der Waals surface area contributed by atoms with Crippen molar-refractivity contribution in [1.29, 1.82) is 0 Å². The molecule has 0 saturated carbocycles. The van der Waals surface area contributed by atoms with Crippen LogP contribution in [-0.2, 0) is 17.4 Å². The second-order valence-corrected chi connectivity index (χ2v) is 14.5. The highest BCUT2D eigenvalue weighted by Gasteiger charge is 2.22. The Hall–Kier alpha value is -3.06. The van der Waals surface area contributed by atoms with Crippen molar-refractivity contribution >= 4 is 58.2 Å². The number of anilines is 4. The summed E-state index contributed by atoms with van der Waals surface area (Å²) in [5.74, 6) is 1.63. The van der Waals surface area contributed by atoms with Crippen LogP contribution in [0.2, 0.25) is 5.02 Å². The van der Waals surface area contributed by atoms with Crippen molar-refractivity contribution in [3.05, 3.63) is 65.1 Å². The molecule has 2 aromatic heterocycles. The van der Waals surface area contributed by atoms with Gasteiger partial charge in [-0.1, -0.05) is 36.9 Å². The van der Waals surface area contributed by atoms with E-state index >= 15 is 0 Å². The van der Waals surface area contributed by atoms with E-state index in [1.54, 1.807) is 31.9 Å². The highest BCUT2D eigenvalue weighted by molar-refractivity contribution is 7.71. The molecule has 2 heterocycles. The van der Waals surface area contributed by atoms with Gasteiger partial charge in [-0.2, -0.15) is 4.98 Å². The molecule has 1 aliphatic rings. The molecule has 0 bridgehead atoms. The first-order valence-electron chi connectivity index (χ1n) is 14.0. The Bertz CT molecular complexity index is 1540. The Labute approximate surface area is 241 Å². The molecule has 0 aliphatic heterocycles. The van der Waals surface area contributed by atoms with E-state index in [-0.39, 0.29) is 0 Å². The molecule has 0 spiro atoms. The quantitative estimate of drug-likeness (QED) is 0.107. The molecule has 1 atom stereocenters. The van der Waals surface area contributed by atoms with E-state index in [0.29, 0.717) is 38.8 Å². The minimum Gasteiger partial charge on any atom is -0.338 e. The van der Waals surface area contributed by atoms with Gasteiger partial charge >= 0.3 is 0 Å². The number of unbranched alkanes of at least 4 members (excludes halogenated alkanes) is 2. The zero-order valence-corrected chi connectivity index (χ0v) is 24.8. The molecule has 40 heavy (non-hydrogen) atoms. The fraction of sp³-hybridized carbons (Fsp3) is 0.400. The summed E-state index contributed by atoms with van der Waals surface area (Å²) in [5.41, 5.74) is 11.3. The maximum absolute atomic E-state index is 13.3. The molecule has 2 aromatic carbocycles. The highest BCUT2D eigenvalue weighted by Crippen LogP contribution is 2.41. The van der Waals surface area contributed by atoms with Gasteiger partial charge in [-0.3, -0.25) is 9.97 Å². The zero-order valence-electron chi connectivity index (χ0n) is 23.2. The summed E-state index contributed by atoms with van der Waals surface area (Å²) in [5, 5.41) is 7.61. The maximum Gasteiger partial charge on any atom is 0.229 e. The summed E-state index contributed by atoms with van der Waals surface area (Å²) >= 11 is 6.50. The summed E-state index contributed by atoms with van der Waals surface area (Å²) < 4.78 is 13.3. The minimum atomic E-state index is -2.72. The van der Waals surface area contributed by atoms with Crippen LogP contribution >= 0.6 is 18.7 Å². The number of rotatable bonds is 10. The van der Waals surface area contributed by atoms with E-state index in [9.17, 15) is 4.57 Å². The van der Waals surface area contributed by atoms with Crippen molar-refractivity contribution < 1.29 is 4.57 Å². The highest BCUT2D eigenvalue weighted by atomic mass is 35.5. The molecule has 1 aliphatic carbocycles. The van der Waals surface area contributed by atoms with E-state index in [0.717, 1.165) is 37.4 Å². The van der Waals surface area contributed by atoms with Crippen molar-refractivity contribution in [3.63, 3.8) is 0 Å². The molecule has 0 radical (unpaired) electrons. The first-order chi connectivity index (χ1) is 19.3. The Balaban J connectivity index is 1.33. The van der Waals surface area contributed by atoms with Gasteiger partial charge < -0.3 is 20.9 Å². The van der Waals surface area contributed by atoms with Crippen LogP contribution in [0.25, 0.3) is 11.0 Å². The molecule has 4 N–H and O–H groups in total. The summed E-state index contributed by atoms with van der Waals surface area (Å²) in [6.07, 6.45) is 14.4. The zero-order chi connectivity index (χ0) is 28.1. The number of hydrogen-bond donors (Lipinski definition) is 3. The van der Waals surface area contributed by atoms with Crippen molar-refractivity contribution in [2.24, 2.45) is 11.7 Å². The van der Waals surface area contributed by atoms with E-state index in [2.05, 4.69) is 48.8 Å². The molecule has 0 fully saturated rings. The molecule has 10 heteroatoms. The van der Waals surface area contributed by atoms with E-state index in [1.807, 2.05) is 12.1 Å². The topological polar surface area (TPSA) is 119 Å². The van der Waals surface area contributed by atoms with Crippen molar-refractivity contribution in [2.75, 3.05) is 30.5 Å². The Morgan fingerprint density at radius 3 is 2.58 bits per heavy atom. The predicted octanol–water partition coefficient (Wildman–Crippen LogP) is 6.82. The molecular formula is C30H37ClN7OP. The van der Waals surface area contributed by atoms with Gasteiger partial charge in [-0.25, -0.2) is 4.98 Å². The van der Waals surface area contributed by atoms with Gasteiger partial charge in [0.05, 0.1) is 22.7 Å². The fourth-order valence-electron chi connectivity index (χ4n) is 5.53. The van der Waals surface area contributed by atoms with Gasteiger partial charge in [-0.15, -0.1) is 0 Å². The van der Waals surface area contributed by atoms with Gasteiger partial charge in [0.25, 0.3) is 0 Å². The van der Waals surface area contributed by atoms with Crippen LogP contribution in [0.3, 0.4) is 0 Å². The third kappa shape index (κ3) is 6.80. The number of nitrogens with zero attached hydrogens (tertiary/aromatic N) is 4. The molecule has 0 unspecified atom stereocenters. The molecule has 8 nitrogen and oxygen atoms in total. The van der Waals surface area contributed by atoms with Gasteiger partial charge in [0.15, 0.2) is 5.82 Å². The first-order valence-corrected chi connectivity index (χ1v) is 17.0. The Morgan fingerprint density at radius 1 is 0.975 bits per heavy atom. The lowest BCUT2D eigenvalue weighted by molar-refractivity contribution is 0.411. The van der Waals surface area contributed by atoms with E-state index in [4.69, 9.17) is 17.3 Å². The van der Waals surface area contributed by atoms with Crippen LogP contribution in [-0.4, -0.2) is 39.8 Å². The van der Waals surface area contributed by atoms with Crippen LogP contribution in [0.15, 0.2) is 48.9 Å². The number of halogens is 1. The maximum atomic E-state index is 13.3. The number of fused-ring (bicyclic) bond motifs is 2. The molecule has 0 saturated heterocycles. The second kappa shape index (κ2) is 12.6. The average Bonchev–Trinajstić information content (AvgIpc) is 3.14. The van der Waals surface area contributed by atoms with Crippen molar-refractivity contribution in [3.8, 4) is 0 Å². The summed E-state index contributed by atoms with van der Waals surface area (Å²) in [4.78, 5) is 17.9. The first kappa shape index (κ1) is 28.5. The monoisotopic (exact) mass is 577 g/mol. The second-order valence-electron chi connectivity index (χ2n) is 10.9. The predicted molar refractivity (Wildman–Crippen MR) is 166 cm³/mol.